The van der Waals surface area contributed by atoms with Crippen molar-refractivity contribution in [2.24, 2.45) is 5.92 Å². The zero-order chi connectivity index (χ0) is 26.6. The zero-order valence-electron chi connectivity index (χ0n) is 21.6. The number of carbonyl (C=O) groups is 2. The quantitative estimate of drug-likeness (QED) is 0.477. The third kappa shape index (κ3) is 5.24. The van der Waals surface area contributed by atoms with E-state index in [0.29, 0.717) is 47.6 Å². The number of methoxy groups -OCH3 is 3. The number of carboxylic acids is 1. The van der Waals surface area contributed by atoms with Gasteiger partial charge in [-0.3, -0.25) is 9.59 Å². The number of hydrogen-bond donors (Lipinski definition) is 3. The summed E-state index contributed by atoms with van der Waals surface area (Å²) in [6, 6.07) is 5.34. The molecule has 1 aliphatic rings. The Kier molecular flexibility index (Phi) is 8.45. The van der Waals surface area contributed by atoms with E-state index in [4.69, 9.17) is 14.2 Å². The van der Waals surface area contributed by atoms with Crippen LogP contribution in [0.3, 0.4) is 0 Å². The average Bonchev–Trinajstić information content (AvgIpc) is 3.09. The fourth-order valence-electron chi connectivity index (χ4n) is 4.68. The lowest BCUT2D eigenvalue weighted by Crippen LogP contribution is -2.36. The summed E-state index contributed by atoms with van der Waals surface area (Å²) >= 11 is 0. The Labute approximate surface area is 210 Å². The van der Waals surface area contributed by atoms with Crippen LogP contribution < -0.4 is 30.3 Å². The smallest absolute Gasteiger partial charge is 0.326 e. The number of benzene rings is 1. The number of aliphatic carboxylic acids is 1. The second-order valence-corrected chi connectivity index (χ2v) is 8.94. The van der Waals surface area contributed by atoms with E-state index in [1.54, 1.807) is 19.2 Å². The number of hydrogen-bond acceptors (Lipinski definition) is 7. The van der Waals surface area contributed by atoms with Gasteiger partial charge in [-0.05, 0) is 53.6 Å². The maximum Gasteiger partial charge on any atom is 0.326 e. The molecule has 0 bridgehead atoms. The number of amides is 1. The molecule has 1 aliphatic carbocycles. The highest BCUT2D eigenvalue weighted by Crippen LogP contribution is 2.50. The lowest BCUT2D eigenvalue weighted by Gasteiger charge is -2.20. The molecule has 0 fully saturated rings. The highest BCUT2D eigenvalue weighted by atomic mass is 16.5. The van der Waals surface area contributed by atoms with Gasteiger partial charge >= 0.3 is 5.97 Å². The minimum absolute atomic E-state index is 0.165. The van der Waals surface area contributed by atoms with Gasteiger partial charge in [0.1, 0.15) is 6.04 Å². The van der Waals surface area contributed by atoms with E-state index < -0.39 is 18.1 Å². The molecule has 2 aromatic carbocycles. The van der Waals surface area contributed by atoms with E-state index in [-0.39, 0.29) is 22.9 Å². The number of nitrogens with one attached hydrogen (secondary N) is 2. The molecular formula is C27H34N2O7. The molecule has 1 amide bonds. The van der Waals surface area contributed by atoms with E-state index in [0.717, 1.165) is 11.1 Å². The molecule has 3 atom stereocenters. The predicted molar refractivity (Wildman–Crippen MR) is 137 cm³/mol. The SMILES string of the molecule is CC[C@@H](C)[C@H](Nc1ccc2c(cc1=O)[C@H](NC(C)=O)CCc1cc(OC)c(OC)c(OC)c1-2)C(=O)O. The van der Waals surface area contributed by atoms with Crippen molar-refractivity contribution in [2.75, 3.05) is 26.6 Å². The Bertz CT molecular complexity index is 1210. The second kappa shape index (κ2) is 11.3. The Morgan fingerprint density at radius 3 is 2.36 bits per heavy atom. The fourth-order valence-corrected chi connectivity index (χ4v) is 4.68. The summed E-state index contributed by atoms with van der Waals surface area (Å²) in [5.74, 6) is -0.0752. The van der Waals surface area contributed by atoms with Crippen molar-refractivity contribution in [1.82, 2.24) is 5.32 Å². The maximum absolute atomic E-state index is 13.3. The molecule has 0 heterocycles. The molecule has 0 saturated carbocycles. The Morgan fingerprint density at radius 2 is 1.81 bits per heavy atom. The van der Waals surface area contributed by atoms with E-state index in [9.17, 15) is 19.5 Å². The third-order valence-corrected chi connectivity index (χ3v) is 6.71. The van der Waals surface area contributed by atoms with Crippen LogP contribution in [0.5, 0.6) is 17.2 Å². The largest absolute Gasteiger partial charge is 0.493 e. The normalized spacial score (nSPS) is 15.9. The summed E-state index contributed by atoms with van der Waals surface area (Å²) in [5, 5.41) is 15.6. The number of carbonyl (C=O) groups excluding carboxylic acids is 1. The van der Waals surface area contributed by atoms with Gasteiger partial charge in [0.2, 0.25) is 17.1 Å². The molecule has 194 valence electrons. The molecule has 3 N–H and O–H groups in total. The van der Waals surface area contributed by atoms with Gasteiger partial charge in [-0.1, -0.05) is 26.3 Å². The van der Waals surface area contributed by atoms with Crippen LogP contribution in [0.1, 0.15) is 50.8 Å². The van der Waals surface area contributed by atoms with Gasteiger partial charge in [0, 0.05) is 12.5 Å². The highest BCUT2D eigenvalue weighted by molar-refractivity contribution is 5.84. The number of anilines is 1. The van der Waals surface area contributed by atoms with Crippen LogP contribution in [-0.4, -0.2) is 44.4 Å². The van der Waals surface area contributed by atoms with Crippen molar-refractivity contribution in [1.29, 1.82) is 0 Å². The van der Waals surface area contributed by atoms with Gasteiger partial charge in [-0.2, -0.15) is 0 Å². The Hall–Kier alpha value is -3.75. The van der Waals surface area contributed by atoms with Crippen LogP contribution in [0.25, 0.3) is 11.1 Å². The highest BCUT2D eigenvalue weighted by Gasteiger charge is 2.30. The van der Waals surface area contributed by atoms with E-state index in [2.05, 4.69) is 10.6 Å². The lowest BCUT2D eigenvalue weighted by atomic mass is 9.95. The summed E-state index contributed by atoms with van der Waals surface area (Å²) in [4.78, 5) is 37.3. The molecular weight excluding hydrogens is 464 g/mol. The van der Waals surface area contributed by atoms with Crippen molar-refractivity contribution in [2.45, 2.75) is 52.1 Å². The molecule has 9 nitrogen and oxygen atoms in total. The molecule has 0 unspecified atom stereocenters. The molecule has 0 aliphatic heterocycles. The molecule has 3 rings (SSSR count). The molecule has 0 radical (unpaired) electrons. The van der Waals surface area contributed by atoms with Crippen molar-refractivity contribution in [3.63, 3.8) is 0 Å². The van der Waals surface area contributed by atoms with E-state index in [1.165, 1.54) is 27.2 Å². The van der Waals surface area contributed by atoms with Gasteiger partial charge < -0.3 is 30.0 Å². The summed E-state index contributed by atoms with van der Waals surface area (Å²) in [7, 11) is 4.60. The summed E-state index contributed by atoms with van der Waals surface area (Å²) in [5.41, 5.74) is 2.73. The van der Waals surface area contributed by atoms with E-state index in [1.807, 2.05) is 19.9 Å². The molecule has 2 aromatic rings. The number of ether oxygens (including phenoxy) is 3. The zero-order valence-corrected chi connectivity index (χ0v) is 21.6. The number of aryl methyl sites for hydroxylation is 1. The predicted octanol–water partition coefficient (Wildman–Crippen LogP) is 3.77. The third-order valence-electron chi connectivity index (χ3n) is 6.71. The standard InChI is InChI=1S/C27H34N2O7/c1-7-14(2)24(27(32)33)29-20-11-9-17-18(13-21(20)31)19(28-15(3)30)10-8-16-12-22(34-4)25(35-5)26(36-6)23(16)17/h9,11-14,19,24H,7-8,10H2,1-6H3,(H,28,30)(H,29,31)(H,32,33)/t14-,19-,24+/m1/s1. The fraction of sp³-hybridized carbons (Fsp3) is 0.444. The molecule has 0 saturated heterocycles. The second-order valence-electron chi connectivity index (χ2n) is 8.94. The summed E-state index contributed by atoms with van der Waals surface area (Å²) < 4.78 is 16.9. The molecule has 9 heteroatoms. The first-order chi connectivity index (χ1) is 17.2. The van der Waals surface area contributed by atoms with Crippen molar-refractivity contribution in [3.8, 4) is 28.4 Å². The van der Waals surface area contributed by atoms with Gasteiger partial charge in [0.25, 0.3) is 0 Å². The average molecular weight is 499 g/mol. The van der Waals surface area contributed by atoms with Gasteiger partial charge in [-0.15, -0.1) is 0 Å². The van der Waals surface area contributed by atoms with Crippen LogP contribution in [-0.2, 0) is 16.0 Å². The Balaban J connectivity index is 2.32. The van der Waals surface area contributed by atoms with Crippen LogP contribution >= 0.6 is 0 Å². The van der Waals surface area contributed by atoms with E-state index >= 15 is 0 Å². The summed E-state index contributed by atoms with van der Waals surface area (Å²) in [6.07, 6.45) is 1.75. The molecule has 0 aromatic heterocycles. The minimum atomic E-state index is -1.03. The number of rotatable bonds is 9. The van der Waals surface area contributed by atoms with Gasteiger partial charge in [0.05, 0.1) is 33.1 Å². The van der Waals surface area contributed by atoms with Crippen LogP contribution in [0.2, 0.25) is 0 Å². The monoisotopic (exact) mass is 498 g/mol. The lowest BCUT2D eigenvalue weighted by molar-refractivity contribution is -0.139. The first kappa shape index (κ1) is 26.8. The van der Waals surface area contributed by atoms with Gasteiger partial charge in [-0.25, -0.2) is 4.79 Å². The number of fused-ring (bicyclic) bond motifs is 3. The van der Waals surface area contributed by atoms with Gasteiger partial charge in [0.15, 0.2) is 11.5 Å². The Morgan fingerprint density at radius 1 is 1.11 bits per heavy atom. The first-order valence-corrected chi connectivity index (χ1v) is 11.9. The topological polar surface area (TPSA) is 123 Å². The molecule has 36 heavy (non-hydrogen) atoms. The van der Waals surface area contributed by atoms with Crippen LogP contribution in [0, 0.1) is 5.92 Å². The minimum Gasteiger partial charge on any atom is -0.493 e. The van der Waals surface area contributed by atoms with Crippen LogP contribution in [0.15, 0.2) is 29.1 Å². The maximum atomic E-state index is 13.3. The van der Waals surface area contributed by atoms with Crippen molar-refractivity contribution in [3.05, 3.63) is 45.6 Å². The summed E-state index contributed by atoms with van der Waals surface area (Å²) in [6.45, 7) is 5.15. The van der Waals surface area contributed by atoms with Crippen LogP contribution in [0.4, 0.5) is 5.69 Å². The van der Waals surface area contributed by atoms with Crippen molar-refractivity contribution >= 4 is 17.6 Å². The van der Waals surface area contributed by atoms with Crippen molar-refractivity contribution < 1.29 is 28.9 Å². The number of carboxylic acid groups (broad SMARTS) is 1. The molecule has 0 spiro atoms. The first-order valence-electron chi connectivity index (χ1n) is 11.9.